The molecular formula is C11H11ClN2O. The minimum atomic E-state index is 0.0694. The van der Waals surface area contributed by atoms with Crippen LogP contribution in [0.25, 0.3) is 0 Å². The van der Waals surface area contributed by atoms with Gasteiger partial charge in [-0.25, -0.2) is 5.01 Å². The highest BCUT2D eigenvalue weighted by Gasteiger charge is 2.26. The van der Waals surface area contributed by atoms with Crippen LogP contribution in [0.1, 0.15) is 6.42 Å². The van der Waals surface area contributed by atoms with Crippen LogP contribution in [-0.4, -0.2) is 17.5 Å². The molecule has 1 fully saturated rings. The second-order valence-corrected chi connectivity index (χ2v) is 3.71. The normalized spacial score (nSPS) is 15.9. The number of benzene rings is 1. The van der Waals surface area contributed by atoms with Gasteiger partial charge in [-0.1, -0.05) is 18.2 Å². The van der Waals surface area contributed by atoms with Gasteiger partial charge in [0.1, 0.15) is 0 Å². The molecule has 4 heteroatoms. The summed E-state index contributed by atoms with van der Waals surface area (Å²) in [4.78, 5) is 11.4. The molecule has 3 nitrogen and oxygen atoms in total. The van der Waals surface area contributed by atoms with E-state index in [0.29, 0.717) is 18.0 Å². The Morgan fingerprint density at radius 2 is 2.00 bits per heavy atom. The zero-order chi connectivity index (χ0) is 10.8. The predicted octanol–water partition coefficient (Wildman–Crippen LogP) is 2.44. The summed E-state index contributed by atoms with van der Waals surface area (Å²) in [6.07, 6.45) is 2.05. The number of nitrogens with zero attached hydrogens (tertiary/aromatic N) is 2. The zero-order valence-electron chi connectivity index (χ0n) is 8.19. The molecule has 2 rings (SSSR count). The van der Waals surface area contributed by atoms with E-state index >= 15 is 0 Å². The lowest BCUT2D eigenvalue weighted by molar-refractivity contribution is -0.125. The van der Waals surface area contributed by atoms with Gasteiger partial charge < -0.3 is 0 Å². The van der Waals surface area contributed by atoms with Crippen LogP contribution in [-0.2, 0) is 4.79 Å². The number of hydrogen-bond acceptors (Lipinski definition) is 2. The third-order valence-corrected chi connectivity index (χ3v) is 2.60. The van der Waals surface area contributed by atoms with Crippen molar-refractivity contribution >= 4 is 23.2 Å². The highest BCUT2D eigenvalue weighted by molar-refractivity contribution is 6.30. The zero-order valence-corrected chi connectivity index (χ0v) is 8.94. The molecule has 0 aromatic heterocycles. The van der Waals surface area contributed by atoms with Crippen molar-refractivity contribution in [1.29, 1.82) is 0 Å². The highest BCUT2D eigenvalue weighted by Crippen LogP contribution is 2.24. The van der Waals surface area contributed by atoms with Gasteiger partial charge in [-0.15, -0.1) is 0 Å². The van der Waals surface area contributed by atoms with Gasteiger partial charge in [0.05, 0.1) is 5.69 Å². The van der Waals surface area contributed by atoms with Crippen molar-refractivity contribution in [3.05, 3.63) is 42.1 Å². The Morgan fingerprint density at radius 1 is 1.33 bits per heavy atom. The molecule has 0 spiro atoms. The van der Waals surface area contributed by atoms with Crippen LogP contribution in [0, 0.1) is 0 Å². The van der Waals surface area contributed by atoms with Crippen LogP contribution in [0.15, 0.2) is 37.0 Å². The summed E-state index contributed by atoms with van der Waals surface area (Å²) >= 11 is 5.80. The molecule has 0 atom stereocenters. The molecule has 78 valence electrons. The Kier molecular flexibility index (Phi) is 2.64. The fraction of sp³-hybridized carbons (Fsp3) is 0.182. The number of carbonyl (C=O) groups excluding carboxylic acids is 1. The summed E-state index contributed by atoms with van der Waals surface area (Å²) in [5.41, 5.74) is 0.949. The average Bonchev–Trinajstić information content (AvgIpc) is 2.61. The maximum absolute atomic E-state index is 11.4. The molecule has 0 N–H and O–H groups in total. The van der Waals surface area contributed by atoms with E-state index in [-0.39, 0.29) is 5.91 Å². The maximum atomic E-state index is 11.4. The molecular weight excluding hydrogens is 212 g/mol. The number of carbonyl (C=O) groups is 1. The Morgan fingerprint density at radius 3 is 2.60 bits per heavy atom. The molecule has 1 aliphatic rings. The first-order valence-corrected chi connectivity index (χ1v) is 5.08. The first kappa shape index (κ1) is 10.1. The number of rotatable bonds is 2. The summed E-state index contributed by atoms with van der Waals surface area (Å²) in [5, 5.41) is 4.10. The Bertz CT molecular complexity index is 388. The van der Waals surface area contributed by atoms with E-state index in [1.54, 1.807) is 12.1 Å². The molecule has 1 aromatic rings. The molecule has 1 heterocycles. The van der Waals surface area contributed by atoms with Gasteiger partial charge in [0.25, 0.3) is 0 Å². The number of hydrogen-bond donors (Lipinski definition) is 0. The van der Waals surface area contributed by atoms with E-state index in [9.17, 15) is 4.79 Å². The van der Waals surface area contributed by atoms with Crippen molar-refractivity contribution in [2.75, 3.05) is 11.6 Å². The molecule has 0 unspecified atom stereocenters. The van der Waals surface area contributed by atoms with E-state index < -0.39 is 0 Å². The molecule has 1 saturated heterocycles. The second-order valence-electron chi connectivity index (χ2n) is 3.27. The number of anilines is 1. The van der Waals surface area contributed by atoms with Gasteiger partial charge in [-0.05, 0) is 24.3 Å². The fourth-order valence-corrected chi connectivity index (χ4v) is 1.75. The summed E-state index contributed by atoms with van der Waals surface area (Å²) in [5.74, 6) is 0.0694. The Labute approximate surface area is 93.5 Å². The van der Waals surface area contributed by atoms with Gasteiger partial charge in [0.2, 0.25) is 5.91 Å². The largest absolute Gasteiger partial charge is 0.278 e. The van der Waals surface area contributed by atoms with Crippen molar-refractivity contribution < 1.29 is 4.79 Å². The first-order chi connectivity index (χ1) is 7.22. The summed E-state index contributed by atoms with van der Waals surface area (Å²) < 4.78 is 0. The van der Waals surface area contributed by atoms with Crippen molar-refractivity contribution in [2.45, 2.75) is 6.42 Å². The van der Waals surface area contributed by atoms with Crippen LogP contribution in [0.5, 0.6) is 0 Å². The lowest BCUT2D eigenvalue weighted by Crippen LogP contribution is -2.34. The smallest absolute Gasteiger partial charge is 0.247 e. The quantitative estimate of drug-likeness (QED) is 0.768. The monoisotopic (exact) mass is 222 g/mol. The predicted molar refractivity (Wildman–Crippen MR) is 60.5 cm³/mol. The van der Waals surface area contributed by atoms with E-state index in [4.69, 9.17) is 11.6 Å². The molecule has 1 aromatic carbocycles. The highest BCUT2D eigenvalue weighted by atomic mass is 35.5. The van der Waals surface area contributed by atoms with Crippen LogP contribution in [0.4, 0.5) is 5.69 Å². The first-order valence-electron chi connectivity index (χ1n) is 4.70. The van der Waals surface area contributed by atoms with E-state index in [1.165, 1.54) is 11.2 Å². The minimum absolute atomic E-state index is 0.0694. The fourth-order valence-electron chi connectivity index (χ4n) is 1.63. The topological polar surface area (TPSA) is 23.6 Å². The number of amides is 1. The van der Waals surface area contributed by atoms with E-state index in [1.807, 2.05) is 17.1 Å². The lowest BCUT2D eigenvalue weighted by atomic mass is 10.3. The van der Waals surface area contributed by atoms with E-state index in [0.717, 1.165) is 5.69 Å². The molecule has 0 saturated carbocycles. The number of halogens is 1. The maximum Gasteiger partial charge on any atom is 0.247 e. The Balaban J connectivity index is 2.27. The van der Waals surface area contributed by atoms with E-state index in [2.05, 4.69) is 6.58 Å². The minimum Gasteiger partial charge on any atom is -0.278 e. The standard InChI is InChI=1S/C11H11ClN2O/c1-2-13-11(15)7-8-14(13)10-5-3-9(12)4-6-10/h2-6H,1,7-8H2. The van der Waals surface area contributed by atoms with Gasteiger partial charge in [0.15, 0.2) is 0 Å². The van der Waals surface area contributed by atoms with Crippen molar-refractivity contribution in [1.82, 2.24) is 5.01 Å². The van der Waals surface area contributed by atoms with Gasteiger partial charge in [-0.3, -0.25) is 9.80 Å². The molecule has 0 bridgehead atoms. The SMILES string of the molecule is C=CN1C(=O)CCN1c1ccc(Cl)cc1. The molecule has 1 amide bonds. The number of hydrazine groups is 1. The van der Waals surface area contributed by atoms with Gasteiger partial charge in [-0.2, -0.15) is 0 Å². The average molecular weight is 223 g/mol. The molecule has 15 heavy (non-hydrogen) atoms. The van der Waals surface area contributed by atoms with Crippen molar-refractivity contribution in [2.24, 2.45) is 0 Å². The summed E-state index contributed by atoms with van der Waals surface area (Å²) in [6, 6.07) is 7.39. The lowest BCUT2D eigenvalue weighted by Gasteiger charge is -2.26. The molecule has 0 radical (unpaired) electrons. The Hall–Kier alpha value is -1.48. The van der Waals surface area contributed by atoms with Crippen molar-refractivity contribution in [3.8, 4) is 0 Å². The molecule has 0 aliphatic carbocycles. The van der Waals surface area contributed by atoms with Gasteiger partial charge in [0, 0.05) is 24.2 Å². The van der Waals surface area contributed by atoms with Gasteiger partial charge >= 0.3 is 0 Å². The summed E-state index contributed by atoms with van der Waals surface area (Å²) in [6.45, 7) is 4.31. The van der Waals surface area contributed by atoms with Crippen molar-refractivity contribution in [3.63, 3.8) is 0 Å². The third kappa shape index (κ3) is 1.83. The summed E-state index contributed by atoms with van der Waals surface area (Å²) in [7, 11) is 0. The second kappa shape index (κ2) is 3.95. The van der Waals surface area contributed by atoms with Crippen LogP contribution < -0.4 is 5.01 Å². The third-order valence-electron chi connectivity index (χ3n) is 2.35. The van der Waals surface area contributed by atoms with Crippen LogP contribution >= 0.6 is 11.6 Å². The molecule has 1 aliphatic heterocycles. The van der Waals surface area contributed by atoms with Crippen LogP contribution in [0.2, 0.25) is 5.02 Å². The van der Waals surface area contributed by atoms with Crippen LogP contribution in [0.3, 0.4) is 0 Å².